The van der Waals surface area contributed by atoms with E-state index in [0.29, 0.717) is 0 Å². The monoisotopic (exact) mass is 317 g/mol. The van der Waals surface area contributed by atoms with E-state index in [-0.39, 0.29) is 13.2 Å². The van der Waals surface area contributed by atoms with E-state index >= 15 is 0 Å². The number of likely N-dealkylation sites (N-methyl/N-ethyl adjacent to an activating group) is 1. The summed E-state index contributed by atoms with van der Waals surface area (Å²) < 4.78 is 24.3. The van der Waals surface area contributed by atoms with Crippen molar-refractivity contribution in [1.29, 1.82) is 0 Å². The van der Waals surface area contributed by atoms with Gasteiger partial charge in [-0.25, -0.2) is 9.59 Å². The average molecular weight is 317 g/mol. The highest BCUT2D eigenvalue weighted by molar-refractivity contribution is 5.70. The maximum Gasteiger partial charge on any atom is 0.412 e. The first-order valence-corrected chi connectivity index (χ1v) is 7.39. The Balaban J connectivity index is 2.95. The number of ether oxygens (including phenoxy) is 3. The molecule has 0 bridgehead atoms. The highest BCUT2D eigenvalue weighted by Crippen LogP contribution is 2.29. The van der Waals surface area contributed by atoms with Gasteiger partial charge in [0.2, 0.25) is 0 Å². The molecule has 0 aliphatic carbocycles. The van der Waals surface area contributed by atoms with Crippen LogP contribution in [-0.4, -0.2) is 66.1 Å². The predicted molar refractivity (Wildman–Crippen MR) is 81.5 cm³/mol. The predicted octanol–water partition coefficient (Wildman–Crippen LogP) is 2.45. The quantitative estimate of drug-likeness (QED) is 0.800. The van der Waals surface area contributed by atoms with Gasteiger partial charge in [-0.3, -0.25) is 4.90 Å². The average Bonchev–Trinajstić information content (AvgIpc) is 2.71. The fraction of sp³-hybridized carbons (Fsp3) is 0.867. The molecule has 1 rings (SSSR count). The van der Waals surface area contributed by atoms with E-state index in [1.807, 2.05) is 0 Å². The summed E-state index contributed by atoms with van der Waals surface area (Å²) in [6, 6.07) is -0.644. The Hall–Kier alpha value is -1.50. The lowest BCUT2D eigenvalue weighted by Gasteiger charge is -2.36. The molecule has 1 fully saturated rings. The van der Waals surface area contributed by atoms with Crippen molar-refractivity contribution < 1.29 is 25.2 Å². The van der Waals surface area contributed by atoms with Gasteiger partial charge in [0, 0.05) is 13.6 Å². The lowest BCUT2D eigenvalue weighted by Crippen LogP contribution is -2.53. The minimum absolute atomic E-state index is 0.143. The molecule has 0 unspecified atom stereocenters. The largest absolute Gasteiger partial charge is 0.450 e. The van der Waals surface area contributed by atoms with Crippen LogP contribution in [0.25, 0.3) is 0 Å². The molecule has 0 aromatic carbocycles. The molecule has 128 valence electrons. The van der Waals surface area contributed by atoms with Gasteiger partial charge in [-0.2, -0.15) is 0 Å². The number of hydrogen-bond donors (Lipinski definition) is 0. The summed E-state index contributed by atoms with van der Waals surface area (Å²) in [5.74, 6) is 0. The lowest BCUT2D eigenvalue weighted by atomic mass is 10.2. The van der Waals surface area contributed by atoms with Crippen molar-refractivity contribution in [2.75, 3.05) is 26.8 Å². The SMILES string of the molecule is [2H][C@@H]([C@@H]1COC(C)(C)N1C(=O)OC(C)(C)C)N(C)C(=O)OCC. The number of nitrogens with zero attached hydrogens (tertiary/aromatic N) is 2. The molecule has 1 saturated heterocycles. The summed E-state index contributed by atoms with van der Waals surface area (Å²) in [6.07, 6.45) is -1.18. The third kappa shape index (κ3) is 4.76. The third-order valence-corrected chi connectivity index (χ3v) is 3.06. The fourth-order valence-electron chi connectivity index (χ4n) is 2.15. The summed E-state index contributed by atoms with van der Waals surface area (Å²) in [7, 11) is 1.47. The Morgan fingerprint density at radius 1 is 1.45 bits per heavy atom. The highest BCUT2D eigenvalue weighted by Gasteiger charge is 2.46. The molecule has 0 radical (unpaired) electrons. The number of hydrogen-bond acceptors (Lipinski definition) is 5. The second-order valence-electron chi connectivity index (χ2n) is 6.63. The van der Waals surface area contributed by atoms with Crippen LogP contribution in [0, 0.1) is 0 Å². The molecule has 1 aliphatic rings. The standard InChI is InChI=1S/C15H28N2O5/c1-8-20-12(18)16(7)9-11-10-21-15(5,6)17(11)13(19)22-14(2,3)4/h11H,8-10H2,1-7H3/t11-/m1/s1/i9D/t9-,11+/m0. The molecular formula is C15H28N2O5. The molecule has 2 atom stereocenters. The van der Waals surface area contributed by atoms with E-state index in [1.165, 1.54) is 11.9 Å². The van der Waals surface area contributed by atoms with Crippen LogP contribution in [0.1, 0.15) is 42.9 Å². The van der Waals surface area contributed by atoms with Crippen molar-refractivity contribution in [1.82, 2.24) is 9.80 Å². The topological polar surface area (TPSA) is 68.3 Å². The fourth-order valence-corrected chi connectivity index (χ4v) is 2.15. The summed E-state index contributed by atoms with van der Waals surface area (Å²) in [4.78, 5) is 26.9. The van der Waals surface area contributed by atoms with Gasteiger partial charge in [0.25, 0.3) is 0 Å². The van der Waals surface area contributed by atoms with Crippen molar-refractivity contribution in [3.8, 4) is 0 Å². The van der Waals surface area contributed by atoms with Gasteiger partial charge in [-0.05, 0) is 41.5 Å². The summed E-state index contributed by atoms with van der Waals surface area (Å²) in [5.41, 5.74) is -1.58. The van der Waals surface area contributed by atoms with Gasteiger partial charge in [0.1, 0.15) is 11.3 Å². The maximum atomic E-state index is 12.5. The second-order valence-corrected chi connectivity index (χ2v) is 6.63. The molecule has 0 spiro atoms. The Bertz CT molecular complexity index is 450. The summed E-state index contributed by atoms with van der Waals surface area (Å²) in [5, 5.41) is 0. The van der Waals surface area contributed by atoms with Crippen LogP contribution in [0.4, 0.5) is 9.59 Å². The highest BCUT2D eigenvalue weighted by atomic mass is 16.6. The number of rotatable bonds is 3. The van der Waals surface area contributed by atoms with Crippen molar-refractivity contribution in [3.05, 3.63) is 0 Å². The maximum absolute atomic E-state index is 12.5. The zero-order valence-corrected chi connectivity index (χ0v) is 14.5. The number of carbonyl (C=O) groups excluding carboxylic acids is 2. The van der Waals surface area contributed by atoms with Gasteiger partial charge >= 0.3 is 12.2 Å². The van der Waals surface area contributed by atoms with Gasteiger partial charge in [-0.15, -0.1) is 0 Å². The van der Waals surface area contributed by atoms with Crippen molar-refractivity contribution >= 4 is 12.2 Å². The van der Waals surface area contributed by atoms with Crippen molar-refractivity contribution in [2.45, 2.75) is 58.9 Å². The molecule has 22 heavy (non-hydrogen) atoms. The summed E-state index contributed by atoms with van der Waals surface area (Å²) in [6.45, 7) is 9.80. The van der Waals surface area contributed by atoms with Crippen molar-refractivity contribution in [2.24, 2.45) is 0 Å². The van der Waals surface area contributed by atoms with Crippen LogP contribution in [0.5, 0.6) is 0 Å². The smallest absolute Gasteiger partial charge is 0.412 e. The minimum Gasteiger partial charge on any atom is -0.450 e. The molecule has 7 nitrogen and oxygen atoms in total. The minimum atomic E-state index is -1.02. The summed E-state index contributed by atoms with van der Waals surface area (Å²) >= 11 is 0. The third-order valence-electron chi connectivity index (χ3n) is 3.06. The molecule has 0 saturated carbocycles. The molecule has 0 aromatic heterocycles. The van der Waals surface area contributed by atoms with Gasteiger partial charge in [0.05, 0.1) is 20.6 Å². The molecule has 2 amide bonds. The molecule has 7 heteroatoms. The number of carbonyl (C=O) groups is 2. The van der Waals surface area contributed by atoms with Gasteiger partial charge in [-0.1, -0.05) is 0 Å². The molecular weight excluding hydrogens is 288 g/mol. The van der Waals surface area contributed by atoms with E-state index in [1.54, 1.807) is 41.5 Å². The molecule has 1 aliphatic heterocycles. The van der Waals surface area contributed by atoms with Crippen LogP contribution >= 0.6 is 0 Å². The Kier molecular flexibility index (Phi) is 5.16. The van der Waals surface area contributed by atoms with Gasteiger partial charge < -0.3 is 19.1 Å². The van der Waals surface area contributed by atoms with Crippen LogP contribution in [0.3, 0.4) is 0 Å². The second kappa shape index (κ2) is 6.73. The zero-order chi connectivity index (χ0) is 18.0. The first kappa shape index (κ1) is 16.9. The van der Waals surface area contributed by atoms with Crippen LogP contribution in [-0.2, 0) is 14.2 Å². The Morgan fingerprint density at radius 2 is 2.05 bits per heavy atom. The normalized spacial score (nSPS) is 22.8. The van der Waals surface area contributed by atoms with Crippen LogP contribution in [0.2, 0.25) is 0 Å². The van der Waals surface area contributed by atoms with E-state index in [2.05, 4.69) is 0 Å². The van der Waals surface area contributed by atoms with E-state index < -0.39 is 36.1 Å². The van der Waals surface area contributed by atoms with E-state index in [9.17, 15) is 9.59 Å². The Labute approximate surface area is 133 Å². The first-order chi connectivity index (χ1) is 10.4. The van der Waals surface area contributed by atoms with Crippen LogP contribution in [0.15, 0.2) is 0 Å². The molecule has 0 N–H and O–H groups in total. The first-order valence-electron chi connectivity index (χ1n) is 7.96. The van der Waals surface area contributed by atoms with E-state index in [4.69, 9.17) is 15.6 Å². The molecule has 1 heterocycles. The van der Waals surface area contributed by atoms with Gasteiger partial charge in [0.15, 0.2) is 0 Å². The lowest BCUT2D eigenvalue weighted by molar-refractivity contribution is -0.0631. The van der Waals surface area contributed by atoms with Crippen molar-refractivity contribution in [3.63, 3.8) is 0 Å². The van der Waals surface area contributed by atoms with E-state index in [0.717, 1.165) is 4.90 Å². The molecule has 0 aromatic rings. The Morgan fingerprint density at radius 3 is 2.55 bits per heavy atom. The number of amides is 2. The zero-order valence-electron chi connectivity index (χ0n) is 15.5. The van der Waals surface area contributed by atoms with Crippen LogP contribution < -0.4 is 0 Å².